The monoisotopic (exact) mass is 234 g/mol. The molecular weight excluding hydrogens is 219 g/mol. The zero-order valence-electron chi connectivity index (χ0n) is 9.81. The van der Waals surface area contributed by atoms with Crippen LogP contribution in [-0.2, 0) is 7.05 Å². The van der Waals surface area contributed by atoms with E-state index in [1.165, 1.54) is 12.1 Å². The molecule has 2 aromatic rings. The Hall–Kier alpha value is -1.72. The molecule has 90 valence electrons. The molecule has 0 bridgehead atoms. The van der Waals surface area contributed by atoms with Gasteiger partial charge in [0, 0.05) is 18.3 Å². The van der Waals surface area contributed by atoms with Gasteiger partial charge in [-0.25, -0.2) is 9.82 Å². The fraction of sp³-hybridized carbons (Fsp3) is 0.250. The maximum atomic E-state index is 13.2. The summed E-state index contributed by atoms with van der Waals surface area (Å²) in [7, 11) is 1.86. The van der Waals surface area contributed by atoms with E-state index < -0.39 is 0 Å². The normalized spacial score (nSPS) is 12.7. The first-order valence-corrected chi connectivity index (χ1v) is 5.33. The van der Waals surface area contributed by atoms with Crippen LogP contribution in [0.5, 0.6) is 0 Å². The molecule has 1 heterocycles. The topological polar surface area (TPSA) is 55.9 Å². The lowest BCUT2D eigenvalue weighted by Gasteiger charge is -2.16. The molecule has 0 saturated carbocycles. The molecule has 0 aliphatic rings. The molecular formula is C12H15FN4. The van der Waals surface area contributed by atoms with Crippen molar-refractivity contribution in [3.05, 3.63) is 53.1 Å². The lowest BCUT2D eigenvalue weighted by atomic mass is 10.00. The fourth-order valence-corrected chi connectivity index (χ4v) is 1.85. The maximum absolute atomic E-state index is 13.2. The Kier molecular flexibility index (Phi) is 3.21. The summed E-state index contributed by atoms with van der Waals surface area (Å²) >= 11 is 0. The van der Waals surface area contributed by atoms with Crippen molar-refractivity contribution in [3.8, 4) is 0 Å². The van der Waals surface area contributed by atoms with Crippen LogP contribution in [0.15, 0.2) is 30.5 Å². The summed E-state index contributed by atoms with van der Waals surface area (Å²) in [5, 5.41) is 4.16. The van der Waals surface area contributed by atoms with Gasteiger partial charge in [0.05, 0.1) is 12.2 Å². The van der Waals surface area contributed by atoms with Crippen molar-refractivity contribution in [2.75, 3.05) is 0 Å². The number of rotatable bonds is 3. The number of aromatic nitrogens is 2. The van der Waals surface area contributed by atoms with Crippen molar-refractivity contribution in [1.29, 1.82) is 0 Å². The van der Waals surface area contributed by atoms with Gasteiger partial charge in [0.1, 0.15) is 5.82 Å². The molecule has 0 aliphatic carbocycles. The molecule has 0 aliphatic heterocycles. The highest BCUT2D eigenvalue weighted by Crippen LogP contribution is 2.24. The van der Waals surface area contributed by atoms with E-state index in [4.69, 9.17) is 5.84 Å². The number of nitrogens with zero attached hydrogens (tertiary/aromatic N) is 2. The Morgan fingerprint density at radius 2 is 2.24 bits per heavy atom. The lowest BCUT2D eigenvalue weighted by molar-refractivity contribution is 0.603. The summed E-state index contributed by atoms with van der Waals surface area (Å²) in [4.78, 5) is 0. The van der Waals surface area contributed by atoms with Crippen molar-refractivity contribution < 1.29 is 4.39 Å². The molecule has 0 radical (unpaired) electrons. The van der Waals surface area contributed by atoms with E-state index >= 15 is 0 Å². The Balaban J connectivity index is 2.44. The Bertz CT molecular complexity index is 521. The summed E-state index contributed by atoms with van der Waals surface area (Å²) in [6.45, 7) is 1.95. The molecule has 3 N–H and O–H groups in total. The van der Waals surface area contributed by atoms with Crippen LogP contribution in [0.3, 0.4) is 0 Å². The molecule has 0 spiro atoms. The second-order valence-electron chi connectivity index (χ2n) is 3.96. The van der Waals surface area contributed by atoms with Gasteiger partial charge in [0.15, 0.2) is 0 Å². The second kappa shape index (κ2) is 4.65. The third-order valence-corrected chi connectivity index (χ3v) is 2.93. The number of hydrogen-bond acceptors (Lipinski definition) is 3. The number of nitrogens with one attached hydrogen (secondary N) is 1. The zero-order chi connectivity index (χ0) is 12.4. The quantitative estimate of drug-likeness (QED) is 0.624. The molecule has 1 aromatic heterocycles. The predicted molar refractivity (Wildman–Crippen MR) is 63.5 cm³/mol. The smallest absolute Gasteiger partial charge is 0.123 e. The number of aryl methyl sites for hydroxylation is 1. The van der Waals surface area contributed by atoms with Gasteiger partial charge in [0.25, 0.3) is 0 Å². The van der Waals surface area contributed by atoms with Crippen molar-refractivity contribution in [1.82, 2.24) is 15.2 Å². The molecule has 17 heavy (non-hydrogen) atoms. The summed E-state index contributed by atoms with van der Waals surface area (Å²) in [5.41, 5.74) is 5.42. The van der Waals surface area contributed by atoms with Crippen LogP contribution in [0, 0.1) is 12.7 Å². The number of hydrogen-bond donors (Lipinski definition) is 2. The third kappa shape index (κ3) is 2.20. The van der Waals surface area contributed by atoms with Gasteiger partial charge in [-0.2, -0.15) is 5.10 Å². The Morgan fingerprint density at radius 3 is 2.76 bits per heavy atom. The molecule has 2 rings (SSSR count). The first-order chi connectivity index (χ1) is 8.13. The highest BCUT2D eigenvalue weighted by Gasteiger charge is 2.17. The van der Waals surface area contributed by atoms with Crippen LogP contribution >= 0.6 is 0 Å². The molecule has 0 fully saturated rings. The summed E-state index contributed by atoms with van der Waals surface area (Å²) in [6.07, 6.45) is 1.74. The molecule has 1 atom stereocenters. The van der Waals surface area contributed by atoms with Gasteiger partial charge in [-0.15, -0.1) is 0 Å². The predicted octanol–water partition coefficient (Wildman–Crippen LogP) is 1.42. The van der Waals surface area contributed by atoms with Gasteiger partial charge in [-0.1, -0.05) is 12.1 Å². The highest BCUT2D eigenvalue weighted by atomic mass is 19.1. The minimum atomic E-state index is -0.274. The summed E-state index contributed by atoms with van der Waals surface area (Å²) in [6, 6.07) is 6.13. The van der Waals surface area contributed by atoms with Gasteiger partial charge >= 0.3 is 0 Å². The van der Waals surface area contributed by atoms with Crippen LogP contribution < -0.4 is 11.3 Å². The number of benzene rings is 1. The average molecular weight is 234 g/mol. The van der Waals surface area contributed by atoms with Gasteiger partial charge < -0.3 is 0 Å². The van der Waals surface area contributed by atoms with E-state index in [0.29, 0.717) is 0 Å². The summed E-state index contributed by atoms with van der Waals surface area (Å²) in [5.74, 6) is 5.28. The molecule has 0 saturated heterocycles. The van der Waals surface area contributed by atoms with Gasteiger partial charge in [-0.3, -0.25) is 10.5 Å². The number of hydrazine groups is 1. The SMILES string of the molecule is Cc1c(C(NN)c2cccc(F)c2)cnn1C. The zero-order valence-corrected chi connectivity index (χ0v) is 9.81. The molecule has 4 nitrogen and oxygen atoms in total. The minimum Gasteiger partial charge on any atom is -0.273 e. The van der Waals surface area contributed by atoms with Crippen molar-refractivity contribution in [2.45, 2.75) is 13.0 Å². The number of nitrogens with two attached hydrogens (primary N) is 1. The van der Waals surface area contributed by atoms with E-state index in [9.17, 15) is 4.39 Å². The fourth-order valence-electron chi connectivity index (χ4n) is 1.85. The van der Waals surface area contributed by atoms with Crippen LogP contribution in [0.4, 0.5) is 4.39 Å². The molecule has 1 unspecified atom stereocenters. The van der Waals surface area contributed by atoms with Crippen molar-refractivity contribution in [2.24, 2.45) is 12.9 Å². The van der Waals surface area contributed by atoms with Crippen LogP contribution in [0.1, 0.15) is 22.9 Å². The standard InChI is InChI=1S/C12H15FN4/c1-8-11(7-15-17(8)2)12(16-14)9-4-3-5-10(13)6-9/h3-7,12,16H,14H2,1-2H3. The van der Waals surface area contributed by atoms with Gasteiger partial charge in [-0.05, 0) is 24.6 Å². The van der Waals surface area contributed by atoms with Crippen molar-refractivity contribution >= 4 is 0 Å². The first kappa shape index (κ1) is 11.8. The van der Waals surface area contributed by atoms with Crippen molar-refractivity contribution in [3.63, 3.8) is 0 Å². The number of halogens is 1. The molecule has 5 heteroatoms. The average Bonchev–Trinajstić information content (AvgIpc) is 2.63. The molecule has 0 amide bonds. The van der Waals surface area contributed by atoms with Crippen LogP contribution in [-0.4, -0.2) is 9.78 Å². The van der Waals surface area contributed by atoms with E-state index in [0.717, 1.165) is 16.8 Å². The Labute approximate surface area is 99.2 Å². The maximum Gasteiger partial charge on any atom is 0.123 e. The largest absolute Gasteiger partial charge is 0.273 e. The van der Waals surface area contributed by atoms with Crippen LogP contribution in [0.2, 0.25) is 0 Å². The Morgan fingerprint density at radius 1 is 1.47 bits per heavy atom. The van der Waals surface area contributed by atoms with E-state index in [2.05, 4.69) is 10.5 Å². The van der Waals surface area contributed by atoms with E-state index in [1.54, 1.807) is 16.9 Å². The van der Waals surface area contributed by atoms with Crippen LogP contribution in [0.25, 0.3) is 0 Å². The minimum absolute atomic E-state index is 0.251. The second-order valence-corrected chi connectivity index (χ2v) is 3.96. The summed E-state index contributed by atoms with van der Waals surface area (Å²) < 4.78 is 15.0. The molecule has 1 aromatic carbocycles. The third-order valence-electron chi connectivity index (χ3n) is 2.93. The first-order valence-electron chi connectivity index (χ1n) is 5.33. The highest BCUT2D eigenvalue weighted by molar-refractivity contribution is 5.32. The van der Waals surface area contributed by atoms with E-state index in [1.807, 2.05) is 20.0 Å². The lowest BCUT2D eigenvalue weighted by Crippen LogP contribution is -2.29. The van der Waals surface area contributed by atoms with E-state index in [-0.39, 0.29) is 11.9 Å². The van der Waals surface area contributed by atoms with Gasteiger partial charge in [0.2, 0.25) is 0 Å².